The Morgan fingerprint density at radius 2 is 2.10 bits per heavy atom. The van der Waals surface area contributed by atoms with Crippen LogP contribution in [0, 0.1) is 17.8 Å². The standard InChI is InChI=1S/C8H12O2/c9-8(10)7-4-5-1-2-6(7)3-5/h5-7H,1-4H2,(H,9,10)/t5-,6-,7-/m0/s1. The first-order valence-corrected chi connectivity index (χ1v) is 4.00. The molecule has 3 atom stereocenters. The van der Waals surface area contributed by atoms with Gasteiger partial charge in [-0.1, -0.05) is 6.42 Å². The van der Waals surface area contributed by atoms with Gasteiger partial charge in [-0.2, -0.15) is 0 Å². The topological polar surface area (TPSA) is 37.3 Å². The van der Waals surface area contributed by atoms with Crippen LogP contribution in [-0.4, -0.2) is 11.1 Å². The lowest BCUT2D eigenvalue weighted by molar-refractivity contribution is -0.143. The van der Waals surface area contributed by atoms with E-state index in [9.17, 15) is 4.79 Å². The second-order valence-corrected chi connectivity index (χ2v) is 3.62. The minimum atomic E-state index is -0.563. The van der Waals surface area contributed by atoms with Crippen LogP contribution in [-0.2, 0) is 4.79 Å². The molecule has 0 aliphatic heterocycles. The van der Waals surface area contributed by atoms with E-state index in [4.69, 9.17) is 5.11 Å². The molecular formula is C8H12O2. The van der Waals surface area contributed by atoms with Crippen molar-refractivity contribution in [3.05, 3.63) is 0 Å². The highest BCUT2D eigenvalue weighted by Crippen LogP contribution is 2.48. The molecule has 56 valence electrons. The van der Waals surface area contributed by atoms with Gasteiger partial charge < -0.3 is 5.11 Å². The third-order valence-electron chi connectivity index (χ3n) is 3.06. The zero-order valence-electron chi connectivity index (χ0n) is 5.92. The molecule has 0 aromatic carbocycles. The number of hydrogen-bond acceptors (Lipinski definition) is 1. The molecular weight excluding hydrogens is 128 g/mol. The molecule has 2 heteroatoms. The van der Waals surface area contributed by atoms with Gasteiger partial charge in [0.15, 0.2) is 0 Å². The average Bonchev–Trinajstić information content (AvgIpc) is 2.44. The maximum Gasteiger partial charge on any atom is 0.306 e. The SMILES string of the molecule is O=C(O)[C@H]1C[C@H]2CC[C@H]1C2. The lowest BCUT2D eigenvalue weighted by atomic mass is 9.89. The van der Waals surface area contributed by atoms with Crippen LogP contribution in [0.5, 0.6) is 0 Å². The molecule has 2 nitrogen and oxygen atoms in total. The molecule has 0 aromatic rings. The molecule has 2 saturated carbocycles. The summed E-state index contributed by atoms with van der Waals surface area (Å²) in [7, 11) is 0. The first kappa shape index (κ1) is 6.20. The van der Waals surface area contributed by atoms with Crippen molar-refractivity contribution >= 4 is 5.97 Å². The summed E-state index contributed by atoms with van der Waals surface area (Å²) in [5, 5.41) is 8.74. The largest absolute Gasteiger partial charge is 0.481 e. The van der Waals surface area contributed by atoms with E-state index in [0.29, 0.717) is 5.92 Å². The molecule has 2 aliphatic rings. The lowest BCUT2D eigenvalue weighted by Crippen LogP contribution is -2.19. The second kappa shape index (κ2) is 1.97. The Labute approximate surface area is 60.2 Å². The Morgan fingerprint density at radius 3 is 2.40 bits per heavy atom. The van der Waals surface area contributed by atoms with Crippen molar-refractivity contribution in [2.24, 2.45) is 17.8 Å². The summed E-state index contributed by atoms with van der Waals surface area (Å²) in [5.74, 6) is 0.736. The van der Waals surface area contributed by atoms with Crippen LogP contribution < -0.4 is 0 Å². The highest BCUT2D eigenvalue weighted by molar-refractivity contribution is 5.71. The van der Waals surface area contributed by atoms with E-state index in [1.165, 1.54) is 19.3 Å². The quantitative estimate of drug-likeness (QED) is 0.599. The zero-order chi connectivity index (χ0) is 7.14. The number of carbonyl (C=O) groups is 1. The van der Waals surface area contributed by atoms with Gasteiger partial charge in [-0.15, -0.1) is 0 Å². The van der Waals surface area contributed by atoms with E-state index < -0.39 is 5.97 Å². The highest BCUT2D eigenvalue weighted by atomic mass is 16.4. The fraction of sp³-hybridized carbons (Fsp3) is 0.875. The molecule has 2 fully saturated rings. The van der Waals surface area contributed by atoms with Gasteiger partial charge in [0, 0.05) is 0 Å². The summed E-state index contributed by atoms with van der Waals surface area (Å²) >= 11 is 0. The molecule has 2 bridgehead atoms. The van der Waals surface area contributed by atoms with Crippen LogP contribution in [0.3, 0.4) is 0 Å². The average molecular weight is 140 g/mol. The van der Waals surface area contributed by atoms with Crippen molar-refractivity contribution in [3.8, 4) is 0 Å². The van der Waals surface area contributed by atoms with Gasteiger partial charge in [0.25, 0.3) is 0 Å². The van der Waals surface area contributed by atoms with E-state index in [1.54, 1.807) is 0 Å². The maximum atomic E-state index is 10.6. The summed E-state index contributed by atoms with van der Waals surface area (Å²) < 4.78 is 0. The first-order valence-electron chi connectivity index (χ1n) is 4.00. The van der Waals surface area contributed by atoms with Crippen molar-refractivity contribution in [1.29, 1.82) is 0 Å². The van der Waals surface area contributed by atoms with E-state index in [2.05, 4.69) is 0 Å². The van der Waals surface area contributed by atoms with E-state index >= 15 is 0 Å². The molecule has 1 N–H and O–H groups in total. The molecule has 2 aliphatic carbocycles. The minimum absolute atomic E-state index is 0.0127. The van der Waals surface area contributed by atoms with Gasteiger partial charge in [-0.05, 0) is 31.1 Å². The van der Waals surface area contributed by atoms with Gasteiger partial charge in [-0.25, -0.2) is 0 Å². The molecule has 0 amide bonds. The fourth-order valence-corrected chi connectivity index (χ4v) is 2.55. The van der Waals surface area contributed by atoms with Crippen LogP contribution in [0.25, 0.3) is 0 Å². The van der Waals surface area contributed by atoms with E-state index in [-0.39, 0.29) is 5.92 Å². The Bertz CT molecular complexity index is 165. The molecule has 10 heavy (non-hydrogen) atoms. The third-order valence-corrected chi connectivity index (χ3v) is 3.06. The molecule has 0 radical (unpaired) electrons. The molecule has 2 rings (SSSR count). The fourth-order valence-electron chi connectivity index (χ4n) is 2.55. The monoisotopic (exact) mass is 140 g/mol. The summed E-state index contributed by atoms with van der Waals surface area (Å²) in [6.07, 6.45) is 4.60. The lowest BCUT2D eigenvalue weighted by Gasteiger charge is -2.16. The second-order valence-electron chi connectivity index (χ2n) is 3.62. The Kier molecular flexibility index (Phi) is 1.22. The number of hydrogen-bond donors (Lipinski definition) is 1. The zero-order valence-corrected chi connectivity index (χ0v) is 5.92. The molecule has 0 unspecified atom stereocenters. The van der Waals surface area contributed by atoms with Crippen LogP contribution in [0.15, 0.2) is 0 Å². The summed E-state index contributed by atoms with van der Waals surface area (Å²) in [6, 6.07) is 0. The Hall–Kier alpha value is -0.530. The number of aliphatic carboxylic acids is 1. The predicted octanol–water partition coefficient (Wildman–Crippen LogP) is 1.51. The van der Waals surface area contributed by atoms with Crippen molar-refractivity contribution < 1.29 is 9.90 Å². The third kappa shape index (κ3) is 0.746. The molecule has 0 aromatic heterocycles. The Balaban J connectivity index is 2.08. The van der Waals surface area contributed by atoms with Crippen molar-refractivity contribution in [1.82, 2.24) is 0 Å². The summed E-state index contributed by atoms with van der Waals surface area (Å²) in [6.45, 7) is 0. The van der Waals surface area contributed by atoms with Crippen LogP contribution in [0.4, 0.5) is 0 Å². The van der Waals surface area contributed by atoms with Gasteiger partial charge in [0.2, 0.25) is 0 Å². The van der Waals surface area contributed by atoms with Crippen LogP contribution in [0.1, 0.15) is 25.7 Å². The normalized spacial score (nSPS) is 44.2. The maximum absolute atomic E-state index is 10.6. The molecule has 0 saturated heterocycles. The van der Waals surface area contributed by atoms with Gasteiger partial charge in [-0.3, -0.25) is 4.79 Å². The van der Waals surface area contributed by atoms with Crippen LogP contribution >= 0.6 is 0 Å². The molecule has 0 spiro atoms. The first-order chi connectivity index (χ1) is 4.77. The van der Waals surface area contributed by atoms with Gasteiger partial charge in [0.1, 0.15) is 0 Å². The predicted molar refractivity (Wildman–Crippen MR) is 36.6 cm³/mol. The summed E-state index contributed by atoms with van der Waals surface area (Å²) in [5.41, 5.74) is 0. The number of fused-ring (bicyclic) bond motifs is 2. The van der Waals surface area contributed by atoms with Crippen LogP contribution in [0.2, 0.25) is 0 Å². The van der Waals surface area contributed by atoms with Gasteiger partial charge in [0.05, 0.1) is 5.92 Å². The smallest absolute Gasteiger partial charge is 0.306 e. The minimum Gasteiger partial charge on any atom is -0.481 e. The van der Waals surface area contributed by atoms with Gasteiger partial charge >= 0.3 is 5.97 Å². The van der Waals surface area contributed by atoms with Crippen molar-refractivity contribution in [2.75, 3.05) is 0 Å². The molecule has 0 heterocycles. The highest BCUT2D eigenvalue weighted by Gasteiger charge is 2.42. The van der Waals surface area contributed by atoms with Crippen molar-refractivity contribution in [2.45, 2.75) is 25.7 Å². The van der Waals surface area contributed by atoms with Crippen molar-refractivity contribution in [3.63, 3.8) is 0 Å². The Morgan fingerprint density at radius 1 is 1.30 bits per heavy atom. The number of rotatable bonds is 1. The number of carboxylic acids is 1. The summed E-state index contributed by atoms with van der Waals surface area (Å²) in [4.78, 5) is 10.6. The van der Waals surface area contributed by atoms with E-state index in [1.807, 2.05) is 0 Å². The van der Waals surface area contributed by atoms with E-state index in [0.717, 1.165) is 12.3 Å². The number of carboxylic acid groups (broad SMARTS) is 1.